The molecule has 1 heterocycles. The molecule has 0 atom stereocenters. The fourth-order valence-electron chi connectivity index (χ4n) is 4.57. The number of alkyl halides is 3. The lowest BCUT2D eigenvalue weighted by Gasteiger charge is -2.39. The van der Waals surface area contributed by atoms with E-state index in [2.05, 4.69) is 4.90 Å². The zero-order valence-corrected chi connectivity index (χ0v) is 20.2. The number of likely N-dealkylation sites (tertiary alicyclic amines) is 1. The van der Waals surface area contributed by atoms with Gasteiger partial charge in [-0.2, -0.15) is 13.2 Å². The Morgan fingerprint density at radius 3 is 1.89 bits per heavy atom. The van der Waals surface area contributed by atoms with Crippen LogP contribution in [0.5, 0.6) is 0 Å². The van der Waals surface area contributed by atoms with Crippen LogP contribution >= 0.6 is 11.6 Å². The average molecular weight is 525 g/mol. The second kappa shape index (κ2) is 10.7. The highest BCUT2D eigenvalue weighted by atomic mass is 35.5. The van der Waals surface area contributed by atoms with Crippen LogP contribution in [0.3, 0.4) is 0 Å². The van der Waals surface area contributed by atoms with E-state index in [-0.39, 0.29) is 22.2 Å². The van der Waals surface area contributed by atoms with Crippen molar-refractivity contribution >= 4 is 23.0 Å². The smallest absolute Gasteiger partial charge is 0.385 e. The van der Waals surface area contributed by atoms with Crippen molar-refractivity contribution in [3.8, 4) is 0 Å². The van der Waals surface area contributed by atoms with Gasteiger partial charge in [0.2, 0.25) is 0 Å². The Kier molecular flexibility index (Phi) is 7.87. The van der Waals surface area contributed by atoms with Gasteiger partial charge in [-0.05, 0) is 92.0 Å². The first-order valence-electron chi connectivity index (χ1n) is 11.7. The van der Waals surface area contributed by atoms with E-state index in [0.717, 1.165) is 23.9 Å². The molecule has 0 aliphatic carbocycles. The number of anilines is 2. The molecule has 0 spiro atoms. The molecular weight excluding hydrogens is 499 g/mol. The maximum atomic E-state index is 13.4. The predicted octanol–water partition coefficient (Wildman–Crippen LogP) is 7.15. The number of rotatable bonds is 7. The SMILES string of the molecule is OC1(c2ccc(Cl)c(C(F)(F)F)c2)CCN(CCCN(c2ccc(F)cc2)c2ccc(F)cc2)CC1. The summed E-state index contributed by atoms with van der Waals surface area (Å²) in [6.07, 6.45) is -3.27. The van der Waals surface area contributed by atoms with E-state index in [0.29, 0.717) is 39.0 Å². The highest BCUT2D eigenvalue weighted by molar-refractivity contribution is 6.31. The van der Waals surface area contributed by atoms with E-state index in [9.17, 15) is 27.1 Å². The minimum absolute atomic E-state index is 0.220. The van der Waals surface area contributed by atoms with E-state index in [1.165, 1.54) is 36.4 Å². The monoisotopic (exact) mass is 524 g/mol. The van der Waals surface area contributed by atoms with Crippen molar-refractivity contribution in [2.45, 2.75) is 31.0 Å². The minimum atomic E-state index is -4.59. The van der Waals surface area contributed by atoms with Gasteiger partial charge in [0.1, 0.15) is 11.6 Å². The van der Waals surface area contributed by atoms with Crippen LogP contribution in [0.2, 0.25) is 5.02 Å². The number of nitrogens with zero attached hydrogens (tertiary/aromatic N) is 2. The van der Waals surface area contributed by atoms with Crippen LogP contribution in [0, 0.1) is 11.6 Å². The normalized spacial score (nSPS) is 16.2. The van der Waals surface area contributed by atoms with Crippen molar-refractivity contribution in [3.05, 3.63) is 94.5 Å². The Morgan fingerprint density at radius 2 is 1.39 bits per heavy atom. The lowest BCUT2D eigenvalue weighted by Crippen LogP contribution is -2.43. The topological polar surface area (TPSA) is 26.7 Å². The third kappa shape index (κ3) is 6.17. The fourth-order valence-corrected chi connectivity index (χ4v) is 4.79. The van der Waals surface area contributed by atoms with Crippen LogP contribution in [-0.2, 0) is 11.8 Å². The molecule has 0 radical (unpaired) electrons. The molecule has 3 nitrogen and oxygen atoms in total. The summed E-state index contributed by atoms with van der Waals surface area (Å²) in [5.74, 6) is -0.691. The van der Waals surface area contributed by atoms with Gasteiger partial charge in [0.25, 0.3) is 0 Å². The van der Waals surface area contributed by atoms with Crippen molar-refractivity contribution in [2.24, 2.45) is 0 Å². The van der Waals surface area contributed by atoms with Crippen LogP contribution in [0.25, 0.3) is 0 Å². The molecule has 4 rings (SSSR count). The third-order valence-corrected chi connectivity index (χ3v) is 6.95. The second-order valence-electron chi connectivity index (χ2n) is 9.02. The van der Waals surface area contributed by atoms with Crippen LogP contribution in [-0.4, -0.2) is 36.2 Å². The van der Waals surface area contributed by atoms with Crippen LogP contribution in [0.1, 0.15) is 30.4 Å². The number of aliphatic hydroxyl groups is 1. The lowest BCUT2D eigenvalue weighted by atomic mass is 9.83. The van der Waals surface area contributed by atoms with Gasteiger partial charge in [-0.1, -0.05) is 17.7 Å². The molecule has 1 aliphatic rings. The molecule has 0 saturated carbocycles. The molecule has 36 heavy (non-hydrogen) atoms. The Labute approximate surface area is 211 Å². The summed E-state index contributed by atoms with van der Waals surface area (Å²) in [5.41, 5.74) is -0.523. The molecule has 192 valence electrons. The van der Waals surface area contributed by atoms with Gasteiger partial charge in [-0.15, -0.1) is 0 Å². The maximum absolute atomic E-state index is 13.4. The summed E-state index contributed by atoms with van der Waals surface area (Å²) in [4.78, 5) is 4.13. The molecule has 1 N–H and O–H groups in total. The van der Waals surface area contributed by atoms with Crippen molar-refractivity contribution in [2.75, 3.05) is 31.1 Å². The van der Waals surface area contributed by atoms with E-state index in [1.54, 1.807) is 24.3 Å². The van der Waals surface area contributed by atoms with Crippen LogP contribution in [0.4, 0.5) is 33.3 Å². The summed E-state index contributed by atoms with van der Waals surface area (Å²) in [6.45, 7) is 2.33. The molecule has 3 aromatic carbocycles. The van der Waals surface area contributed by atoms with Gasteiger partial charge < -0.3 is 14.9 Å². The lowest BCUT2D eigenvalue weighted by molar-refractivity contribution is -0.137. The maximum Gasteiger partial charge on any atom is 0.417 e. The van der Waals surface area contributed by atoms with Crippen LogP contribution in [0.15, 0.2) is 66.7 Å². The Balaban J connectivity index is 1.38. The largest absolute Gasteiger partial charge is 0.417 e. The number of hydrogen-bond donors (Lipinski definition) is 1. The quantitative estimate of drug-likeness (QED) is 0.332. The Hall–Kier alpha value is -2.68. The van der Waals surface area contributed by atoms with Gasteiger partial charge in [0.15, 0.2) is 0 Å². The van der Waals surface area contributed by atoms with Crippen molar-refractivity contribution in [1.82, 2.24) is 4.90 Å². The van der Waals surface area contributed by atoms with E-state index in [1.807, 2.05) is 4.90 Å². The Morgan fingerprint density at radius 1 is 0.861 bits per heavy atom. The standard InChI is InChI=1S/C27H26ClF5N2O/c28-25-11-2-19(18-24(25)27(31,32)33)26(36)12-16-34(17-13-26)14-1-15-35(22-7-3-20(29)4-8-22)23-9-5-21(30)6-10-23/h2-11,18,36H,1,12-17H2. The Bertz CT molecular complexity index is 1110. The molecule has 1 fully saturated rings. The highest BCUT2D eigenvalue weighted by Gasteiger charge is 2.38. The van der Waals surface area contributed by atoms with Gasteiger partial charge in [0, 0.05) is 31.0 Å². The molecule has 9 heteroatoms. The van der Waals surface area contributed by atoms with Crippen LogP contribution < -0.4 is 4.90 Å². The van der Waals surface area contributed by atoms with E-state index < -0.39 is 17.3 Å². The fraction of sp³-hybridized carbons (Fsp3) is 0.333. The number of benzene rings is 3. The van der Waals surface area contributed by atoms with E-state index >= 15 is 0 Å². The summed E-state index contributed by atoms with van der Waals surface area (Å²) < 4.78 is 66.6. The first kappa shape index (κ1) is 26.4. The second-order valence-corrected chi connectivity index (χ2v) is 9.43. The first-order valence-corrected chi connectivity index (χ1v) is 12.0. The first-order chi connectivity index (χ1) is 17.0. The van der Waals surface area contributed by atoms with Gasteiger partial charge >= 0.3 is 6.18 Å². The molecule has 0 aromatic heterocycles. The van der Waals surface area contributed by atoms with E-state index in [4.69, 9.17) is 11.6 Å². The molecule has 1 saturated heterocycles. The predicted molar refractivity (Wildman–Crippen MR) is 130 cm³/mol. The van der Waals surface area contributed by atoms with Crippen molar-refractivity contribution < 1.29 is 27.1 Å². The summed E-state index contributed by atoms with van der Waals surface area (Å²) in [5, 5.41) is 10.7. The molecule has 0 amide bonds. The van der Waals surface area contributed by atoms with Crippen molar-refractivity contribution in [3.63, 3.8) is 0 Å². The molecular formula is C27H26ClF5N2O. The molecule has 3 aromatic rings. The molecule has 0 bridgehead atoms. The molecule has 1 aliphatic heterocycles. The highest BCUT2D eigenvalue weighted by Crippen LogP contribution is 2.40. The summed E-state index contributed by atoms with van der Waals surface area (Å²) >= 11 is 5.72. The zero-order chi connectivity index (χ0) is 25.9. The number of halogens is 6. The third-order valence-electron chi connectivity index (χ3n) is 6.62. The number of hydrogen-bond acceptors (Lipinski definition) is 3. The number of piperidine rings is 1. The summed E-state index contributed by atoms with van der Waals surface area (Å²) in [6, 6.07) is 15.7. The summed E-state index contributed by atoms with van der Waals surface area (Å²) in [7, 11) is 0. The van der Waals surface area contributed by atoms with Gasteiger partial charge in [0.05, 0.1) is 16.2 Å². The van der Waals surface area contributed by atoms with Crippen molar-refractivity contribution in [1.29, 1.82) is 0 Å². The minimum Gasteiger partial charge on any atom is -0.385 e. The molecule has 0 unspecified atom stereocenters. The van der Waals surface area contributed by atoms with Gasteiger partial charge in [-0.3, -0.25) is 0 Å². The average Bonchev–Trinajstić information content (AvgIpc) is 2.84. The van der Waals surface area contributed by atoms with Gasteiger partial charge in [-0.25, -0.2) is 8.78 Å². The zero-order valence-electron chi connectivity index (χ0n) is 19.4.